The number of rotatable bonds is 2. The molecule has 1 aliphatic rings. The molecule has 0 aromatic heterocycles. The predicted octanol–water partition coefficient (Wildman–Crippen LogP) is 4.20. The molecule has 1 aliphatic heterocycles. The maximum Gasteiger partial charge on any atom is 0.416 e. The van der Waals surface area contributed by atoms with Crippen molar-refractivity contribution in [3.8, 4) is 0 Å². The largest absolute Gasteiger partial charge is 0.416 e. The lowest BCUT2D eigenvalue weighted by atomic mass is 9.98. The van der Waals surface area contributed by atoms with Crippen LogP contribution in [0.4, 0.5) is 24.5 Å². The smallest absolute Gasteiger partial charge is 0.338 e. The third kappa shape index (κ3) is 2.87. The van der Waals surface area contributed by atoms with E-state index in [1.54, 1.807) is 42.3 Å². The summed E-state index contributed by atoms with van der Waals surface area (Å²) in [5.74, 6) is -1.38. The van der Waals surface area contributed by atoms with E-state index >= 15 is 0 Å². The summed E-state index contributed by atoms with van der Waals surface area (Å²) < 4.78 is 38.9. The van der Waals surface area contributed by atoms with Crippen LogP contribution in [0.3, 0.4) is 0 Å². The Morgan fingerprint density at radius 1 is 1.17 bits per heavy atom. The maximum absolute atomic E-state index is 13.0. The molecule has 1 N–H and O–H groups in total. The first kappa shape index (κ1) is 16.4. The van der Waals surface area contributed by atoms with E-state index in [4.69, 9.17) is 12.2 Å². The number of alkyl halides is 3. The summed E-state index contributed by atoms with van der Waals surface area (Å²) in [7, 11) is 1.64. The summed E-state index contributed by atoms with van der Waals surface area (Å²) in [6.45, 7) is 0. The zero-order valence-electron chi connectivity index (χ0n) is 12.6. The standard InChI is InChI=1S/C17H13F3N2OS/c1-22-13-8-7-10(17(18,19)20)9-12(13)14(16(22)24)15(23)21-11-5-3-2-4-6-11/h2-9,14H,1H3,(H,21,23). The van der Waals surface area contributed by atoms with Gasteiger partial charge in [0.25, 0.3) is 0 Å². The number of carbonyl (C=O) groups is 1. The monoisotopic (exact) mass is 350 g/mol. The molecule has 2 aromatic carbocycles. The van der Waals surface area contributed by atoms with E-state index in [9.17, 15) is 18.0 Å². The van der Waals surface area contributed by atoms with Gasteiger partial charge in [-0.15, -0.1) is 0 Å². The number of likely N-dealkylation sites (N-methyl/N-ethyl adjacent to an activating group) is 1. The molecule has 1 atom stereocenters. The first-order valence-electron chi connectivity index (χ1n) is 7.13. The molecule has 1 unspecified atom stereocenters. The van der Waals surface area contributed by atoms with E-state index in [1.165, 1.54) is 6.07 Å². The van der Waals surface area contributed by atoms with Gasteiger partial charge in [0.15, 0.2) is 0 Å². The molecule has 124 valence electrons. The molecule has 3 rings (SSSR count). The van der Waals surface area contributed by atoms with Crippen LogP contribution in [0.15, 0.2) is 48.5 Å². The summed E-state index contributed by atoms with van der Waals surface area (Å²) in [4.78, 5) is 14.4. The molecule has 2 aromatic rings. The molecule has 0 bridgehead atoms. The number of nitrogens with one attached hydrogen (secondary N) is 1. The van der Waals surface area contributed by atoms with Crippen LogP contribution < -0.4 is 10.2 Å². The van der Waals surface area contributed by atoms with Crippen molar-refractivity contribution in [1.82, 2.24) is 0 Å². The number of para-hydroxylation sites is 1. The summed E-state index contributed by atoms with van der Waals surface area (Å²) in [5.41, 5.74) is 0.553. The third-order valence-electron chi connectivity index (χ3n) is 3.91. The van der Waals surface area contributed by atoms with Gasteiger partial charge in [0, 0.05) is 18.4 Å². The van der Waals surface area contributed by atoms with Gasteiger partial charge in [-0.2, -0.15) is 13.2 Å². The second kappa shape index (κ2) is 5.90. The van der Waals surface area contributed by atoms with Gasteiger partial charge in [0.05, 0.1) is 10.6 Å². The summed E-state index contributed by atoms with van der Waals surface area (Å²) in [6.07, 6.45) is -4.47. The number of fused-ring (bicyclic) bond motifs is 1. The van der Waals surface area contributed by atoms with Gasteiger partial charge in [0.1, 0.15) is 5.92 Å². The van der Waals surface area contributed by atoms with Gasteiger partial charge >= 0.3 is 6.18 Å². The fraction of sp³-hybridized carbons (Fsp3) is 0.176. The maximum atomic E-state index is 13.0. The molecule has 24 heavy (non-hydrogen) atoms. The first-order chi connectivity index (χ1) is 11.3. The first-order valence-corrected chi connectivity index (χ1v) is 7.54. The van der Waals surface area contributed by atoms with E-state index in [0.29, 0.717) is 11.4 Å². The zero-order valence-corrected chi connectivity index (χ0v) is 13.4. The van der Waals surface area contributed by atoms with Crippen molar-refractivity contribution in [3.05, 3.63) is 59.7 Å². The van der Waals surface area contributed by atoms with Gasteiger partial charge in [-0.05, 0) is 35.9 Å². The van der Waals surface area contributed by atoms with E-state index < -0.39 is 23.6 Å². The van der Waals surface area contributed by atoms with Crippen molar-refractivity contribution in [2.45, 2.75) is 12.1 Å². The Kier molecular flexibility index (Phi) is 4.04. The molecule has 0 radical (unpaired) electrons. The molecule has 0 fully saturated rings. The highest BCUT2D eigenvalue weighted by Gasteiger charge is 2.40. The molecule has 0 aliphatic carbocycles. The molecule has 7 heteroatoms. The molecule has 0 saturated heterocycles. The molecule has 0 saturated carbocycles. The molecule has 1 heterocycles. The SMILES string of the molecule is CN1C(=S)C(C(=O)Nc2ccccc2)c2cc(C(F)(F)F)ccc21. The fourth-order valence-electron chi connectivity index (χ4n) is 2.70. The van der Waals surface area contributed by atoms with Gasteiger partial charge in [-0.25, -0.2) is 0 Å². The number of hydrogen-bond donors (Lipinski definition) is 1. The summed E-state index contributed by atoms with van der Waals surface area (Å²) >= 11 is 5.28. The number of halogens is 3. The number of anilines is 2. The average molecular weight is 350 g/mol. The van der Waals surface area contributed by atoms with Crippen LogP contribution in [0.2, 0.25) is 0 Å². The van der Waals surface area contributed by atoms with E-state index in [2.05, 4.69) is 5.32 Å². The average Bonchev–Trinajstić information content (AvgIpc) is 2.78. The van der Waals surface area contributed by atoms with Crippen LogP contribution in [0.5, 0.6) is 0 Å². The van der Waals surface area contributed by atoms with Crippen LogP contribution in [0.25, 0.3) is 0 Å². The number of nitrogens with zero attached hydrogens (tertiary/aromatic N) is 1. The van der Waals surface area contributed by atoms with Crippen LogP contribution in [-0.4, -0.2) is 17.9 Å². The van der Waals surface area contributed by atoms with Crippen molar-refractivity contribution in [1.29, 1.82) is 0 Å². The Morgan fingerprint density at radius 2 is 1.83 bits per heavy atom. The minimum Gasteiger partial charge on any atom is -0.338 e. The Labute approximate surface area is 142 Å². The Bertz CT molecular complexity index is 805. The predicted molar refractivity (Wildman–Crippen MR) is 90.3 cm³/mol. The fourth-order valence-corrected chi connectivity index (χ4v) is 3.03. The topological polar surface area (TPSA) is 32.3 Å². The molecule has 0 spiro atoms. The number of amides is 1. The molecule has 3 nitrogen and oxygen atoms in total. The summed E-state index contributed by atoms with van der Waals surface area (Å²) in [6, 6.07) is 12.1. The van der Waals surface area contributed by atoms with E-state index in [-0.39, 0.29) is 10.6 Å². The van der Waals surface area contributed by atoms with Gasteiger partial charge in [0.2, 0.25) is 5.91 Å². The minimum atomic E-state index is -4.47. The second-order valence-corrected chi connectivity index (χ2v) is 5.88. The van der Waals surface area contributed by atoms with Crippen LogP contribution in [0.1, 0.15) is 17.0 Å². The highest BCUT2D eigenvalue weighted by Crippen LogP contribution is 2.41. The lowest BCUT2D eigenvalue weighted by Gasteiger charge is -2.14. The number of carbonyl (C=O) groups excluding carboxylic acids is 1. The quantitative estimate of drug-likeness (QED) is 0.824. The van der Waals surface area contributed by atoms with E-state index in [0.717, 1.165) is 12.1 Å². The lowest BCUT2D eigenvalue weighted by Crippen LogP contribution is -2.30. The van der Waals surface area contributed by atoms with Gasteiger partial charge in [-0.1, -0.05) is 30.4 Å². The highest BCUT2D eigenvalue weighted by molar-refractivity contribution is 7.80. The van der Waals surface area contributed by atoms with E-state index in [1.807, 2.05) is 0 Å². The van der Waals surface area contributed by atoms with Gasteiger partial charge in [-0.3, -0.25) is 4.79 Å². The summed E-state index contributed by atoms with van der Waals surface area (Å²) in [5, 5.41) is 2.70. The van der Waals surface area contributed by atoms with Crippen molar-refractivity contribution in [3.63, 3.8) is 0 Å². The highest BCUT2D eigenvalue weighted by atomic mass is 32.1. The molecular formula is C17H13F3N2OS. The van der Waals surface area contributed by atoms with Crippen molar-refractivity contribution < 1.29 is 18.0 Å². The van der Waals surface area contributed by atoms with Crippen LogP contribution in [0, 0.1) is 0 Å². The molecular weight excluding hydrogens is 337 g/mol. The normalized spacial score (nSPS) is 16.9. The second-order valence-electron chi connectivity index (χ2n) is 5.46. The van der Waals surface area contributed by atoms with Crippen molar-refractivity contribution in [2.24, 2.45) is 0 Å². The molecule has 1 amide bonds. The van der Waals surface area contributed by atoms with Crippen LogP contribution in [-0.2, 0) is 11.0 Å². The number of hydrogen-bond acceptors (Lipinski definition) is 2. The Morgan fingerprint density at radius 3 is 2.46 bits per heavy atom. The number of benzene rings is 2. The third-order valence-corrected chi connectivity index (χ3v) is 4.42. The minimum absolute atomic E-state index is 0.269. The van der Waals surface area contributed by atoms with Crippen molar-refractivity contribution >= 4 is 34.5 Å². The van der Waals surface area contributed by atoms with Crippen molar-refractivity contribution in [2.75, 3.05) is 17.3 Å². The Hall–Kier alpha value is -2.41. The number of thiocarbonyl (C=S) groups is 1. The zero-order chi connectivity index (χ0) is 17.5. The lowest BCUT2D eigenvalue weighted by molar-refractivity contribution is -0.137. The van der Waals surface area contributed by atoms with Gasteiger partial charge < -0.3 is 10.2 Å². The van der Waals surface area contributed by atoms with Crippen LogP contribution >= 0.6 is 12.2 Å². The Balaban J connectivity index is 1.98.